The lowest BCUT2D eigenvalue weighted by molar-refractivity contribution is 0.397. The molecule has 1 aliphatic rings. The number of aromatic nitrogens is 1. The summed E-state index contributed by atoms with van der Waals surface area (Å²) in [4.78, 5) is 4.04. The van der Waals surface area contributed by atoms with E-state index in [2.05, 4.69) is 4.98 Å². The first-order chi connectivity index (χ1) is 8.38. The molecule has 3 rings (SSSR count). The predicted octanol–water partition coefficient (Wildman–Crippen LogP) is 1.26. The highest BCUT2D eigenvalue weighted by molar-refractivity contribution is 6.63. The maximum absolute atomic E-state index is 5.73. The molecular formula is C12H10BNO3. The van der Waals surface area contributed by atoms with Crippen molar-refractivity contribution < 1.29 is 14.0 Å². The Hall–Kier alpha value is -2.17. The van der Waals surface area contributed by atoms with Gasteiger partial charge in [-0.05, 0) is 18.2 Å². The molecule has 0 amide bonds. The molecule has 17 heavy (non-hydrogen) atoms. The van der Waals surface area contributed by atoms with E-state index in [0.717, 1.165) is 5.46 Å². The molecule has 0 unspecified atom stereocenters. The number of methoxy groups -OCH3 is 1. The zero-order valence-corrected chi connectivity index (χ0v) is 9.29. The second kappa shape index (κ2) is 4.01. The lowest BCUT2D eigenvalue weighted by atomic mass is 9.81. The van der Waals surface area contributed by atoms with Crippen molar-refractivity contribution in [1.82, 2.24) is 4.98 Å². The number of hydrogen-bond donors (Lipinski definition) is 0. The number of para-hydroxylation sites is 1. The van der Waals surface area contributed by atoms with Crippen molar-refractivity contribution in [2.45, 2.75) is 0 Å². The van der Waals surface area contributed by atoms with Gasteiger partial charge in [0.2, 0.25) is 0 Å². The normalized spacial score (nSPS) is 12.6. The van der Waals surface area contributed by atoms with Gasteiger partial charge in [0.15, 0.2) is 11.5 Å². The van der Waals surface area contributed by atoms with Gasteiger partial charge in [0.1, 0.15) is 5.75 Å². The fourth-order valence-electron chi connectivity index (χ4n) is 1.76. The summed E-state index contributed by atoms with van der Waals surface area (Å²) in [6.07, 6.45) is 3.44. The van der Waals surface area contributed by atoms with Crippen molar-refractivity contribution in [2.24, 2.45) is 0 Å². The Morgan fingerprint density at radius 1 is 1.18 bits per heavy atom. The van der Waals surface area contributed by atoms with Gasteiger partial charge in [-0.2, -0.15) is 0 Å². The number of nitrogens with zero attached hydrogens (tertiary/aromatic N) is 1. The molecule has 2 aromatic rings. The van der Waals surface area contributed by atoms with Crippen molar-refractivity contribution in [3.63, 3.8) is 0 Å². The molecule has 5 heteroatoms. The Bertz CT molecular complexity index is 533. The number of pyridine rings is 1. The van der Waals surface area contributed by atoms with Gasteiger partial charge in [0, 0.05) is 17.9 Å². The van der Waals surface area contributed by atoms with Crippen molar-refractivity contribution in [2.75, 3.05) is 7.11 Å². The zero-order valence-electron chi connectivity index (χ0n) is 9.29. The SMILES string of the molecule is COc1cccc2c1OB(c1cccnc1)O2. The molecule has 2 heterocycles. The third kappa shape index (κ3) is 1.69. The minimum Gasteiger partial charge on any atom is -0.519 e. The molecule has 4 nitrogen and oxygen atoms in total. The summed E-state index contributed by atoms with van der Waals surface area (Å²) in [5.74, 6) is 2.01. The first-order valence-corrected chi connectivity index (χ1v) is 5.29. The number of ether oxygens (including phenoxy) is 1. The summed E-state index contributed by atoms with van der Waals surface area (Å²) >= 11 is 0. The molecule has 0 saturated heterocycles. The van der Waals surface area contributed by atoms with E-state index >= 15 is 0 Å². The van der Waals surface area contributed by atoms with E-state index < -0.39 is 7.12 Å². The van der Waals surface area contributed by atoms with Crippen LogP contribution in [-0.2, 0) is 0 Å². The number of benzene rings is 1. The van der Waals surface area contributed by atoms with Crippen LogP contribution in [0.5, 0.6) is 17.2 Å². The molecule has 1 aromatic carbocycles. The molecule has 0 bridgehead atoms. The lowest BCUT2D eigenvalue weighted by Crippen LogP contribution is -2.39. The minimum atomic E-state index is -0.449. The van der Waals surface area contributed by atoms with Crippen LogP contribution in [0.1, 0.15) is 0 Å². The van der Waals surface area contributed by atoms with Crippen molar-refractivity contribution in [3.8, 4) is 17.2 Å². The highest BCUT2D eigenvalue weighted by Gasteiger charge is 2.35. The summed E-state index contributed by atoms with van der Waals surface area (Å²) in [5.41, 5.74) is 0.880. The minimum absolute atomic E-state index is 0.449. The number of rotatable bonds is 2. The van der Waals surface area contributed by atoms with Crippen LogP contribution < -0.4 is 19.5 Å². The van der Waals surface area contributed by atoms with Gasteiger partial charge < -0.3 is 14.0 Å². The third-order valence-corrected chi connectivity index (χ3v) is 2.58. The quantitative estimate of drug-likeness (QED) is 0.724. The van der Waals surface area contributed by atoms with Crippen molar-refractivity contribution >= 4 is 12.6 Å². The van der Waals surface area contributed by atoms with Gasteiger partial charge in [0.25, 0.3) is 0 Å². The zero-order chi connectivity index (χ0) is 11.7. The molecule has 0 saturated carbocycles. The Morgan fingerprint density at radius 2 is 2.12 bits per heavy atom. The average Bonchev–Trinajstić information content (AvgIpc) is 2.83. The molecule has 0 N–H and O–H groups in total. The predicted molar refractivity (Wildman–Crippen MR) is 63.9 cm³/mol. The largest absolute Gasteiger partial charge is 0.634 e. The third-order valence-electron chi connectivity index (χ3n) is 2.58. The molecule has 0 fully saturated rings. The fourth-order valence-corrected chi connectivity index (χ4v) is 1.76. The van der Waals surface area contributed by atoms with Crippen LogP contribution in [0.25, 0.3) is 0 Å². The van der Waals surface area contributed by atoms with Gasteiger partial charge in [-0.1, -0.05) is 12.1 Å². The second-order valence-corrected chi connectivity index (χ2v) is 3.64. The highest BCUT2D eigenvalue weighted by Crippen LogP contribution is 2.41. The first kappa shape index (κ1) is 10.0. The first-order valence-electron chi connectivity index (χ1n) is 5.29. The summed E-state index contributed by atoms with van der Waals surface area (Å²) in [6, 6.07) is 9.33. The fraction of sp³-hybridized carbons (Fsp3) is 0.0833. The van der Waals surface area contributed by atoms with E-state index in [4.69, 9.17) is 14.0 Å². The van der Waals surface area contributed by atoms with Crippen LogP contribution in [0.4, 0.5) is 0 Å². The summed E-state index contributed by atoms with van der Waals surface area (Å²) in [5, 5.41) is 0. The molecule has 0 radical (unpaired) electrons. The second-order valence-electron chi connectivity index (χ2n) is 3.64. The molecule has 1 aliphatic heterocycles. The summed E-state index contributed by atoms with van der Waals surface area (Å²) in [6.45, 7) is 0. The van der Waals surface area contributed by atoms with E-state index in [1.165, 1.54) is 0 Å². The van der Waals surface area contributed by atoms with Crippen molar-refractivity contribution in [3.05, 3.63) is 42.7 Å². The molecule has 0 spiro atoms. The van der Waals surface area contributed by atoms with E-state index in [-0.39, 0.29) is 0 Å². The van der Waals surface area contributed by atoms with Crippen LogP contribution in [0.15, 0.2) is 42.7 Å². The van der Waals surface area contributed by atoms with Crippen LogP contribution in [0.3, 0.4) is 0 Å². The van der Waals surface area contributed by atoms with E-state index in [9.17, 15) is 0 Å². The van der Waals surface area contributed by atoms with E-state index in [0.29, 0.717) is 17.2 Å². The standard InChI is InChI=1S/C12H10BNO3/c1-15-10-5-2-6-11-12(10)17-13(16-11)9-4-3-7-14-8-9/h2-8H,1H3. The Kier molecular flexibility index (Phi) is 2.36. The van der Waals surface area contributed by atoms with Crippen molar-refractivity contribution in [1.29, 1.82) is 0 Å². The van der Waals surface area contributed by atoms with Crippen LogP contribution in [0, 0.1) is 0 Å². The van der Waals surface area contributed by atoms with Crippen LogP contribution >= 0.6 is 0 Å². The molecular weight excluding hydrogens is 217 g/mol. The van der Waals surface area contributed by atoms with Crippen LogP contribution in [0.2, 0.25) is 0 Å². The van der Waals surface area contributed by atoms with E-state index in [1.807, 2.05) is 30.3 Å². The lowest BCUT2D eigenvalue weighted by Gasteiger charge is -2.05. The molecule has 0 atom stereocenters. The molecule has 0 aliphatic carbocycles. The Labute approximate surface area is 99.3 Å². The molecule has 1 aromatic heterocycles. The Balaban J connectivity index is 1.93. The van der Waals surface area contributed by atoms with Crippen LogP contribution in [-0.4, -0.2) is 19.2 Å². The van der Waals surface area contributed by atoms with E-state index in [1.54, 1.807) is 19.5 Å². The highest BCUT2D eigenvalue weighted by atomic mass is 16.6. The summed E-state index contributed by atoms with van der Waals surface area (Å²) < 4.78 is 16.6. The van der Waals surface area contributed by atoms with Gasteiger partial charge in [-0.25, -0.2) is 0 Å². The molecule has 84 valence electrons. The van der Waals surface area contributed by atoms with Gasteiger partial charge in [-0.15, -0.1) is 0 Å². The monoisotopic (exact) mass is 227 g/mol. The average molecular weight is 227 g/mol. The smallest absolute Gasteiger partial charge is 0.519 e. The topological polar surface area (TPSA) is 40.6 Å². The van der Waals surface area contributed by atoms with Gasteiger partial charge in [-0.3, -0.25) is 4.98 Å². The maximum Gasteiger partial charge on any atom is 0.634 e. The van der Waals surface area contributed by atoms with Gasteiger partial charge >= 0.3 is 7.12 Å². The number of fused-ring (bicyclic) bond motifs is 1. The van der Waals surface area contributed by atoms with Gasteiger partial charge in [0.05, 0.1) is 7.11 Å². The summed E-state index contributed by atoms with van der Waals surface area (Å²) in [7, 11) is 1.16. The maximum atomic E-state index is 5.73. The number of hydrogen-bond acceptors (Lipinski definition) is 4. The Morgan fingerprint density at radius 3 is 2.88 bits per heavy atom.